The number of rotatable bonds is 4. The molecule has 0 unspecified atom stereocenters. The number of hydrogen-bond donors (Lipinski definition) is 0. The molecule has 4 nitrogen and oxygen atoms in total. The fourth-order valence-electron chi connectivity index (χ4n) is 2.15. The minimum atomic E-state index is -3.23. The van der Waals surface area contributed by atoms with Crippen LogP contribution in [0.5, 0.6) is 5.75 Å². The van der Waals surface area contributed by atoms with Crippen LogP contribution in [0.3, 0.4) is 0 Å². The van der Waals surface area contributed by atoms with Gasteiger partial charge in [-0.05, 0) is 41.8 Å². The molecule has 5 heteroatoms. The molecule has 0 spiro atoms. The van der Waals surface area contributed by atoms with Crippen molar-refractivity contribution >= 4 is 15.8 Å². The normalized spacial score (nSPS) is 11.2. The first-order chi connectivity index (χ1) is 10.3. The summed E-state index contributed by atoms with van der Waals surface area (Å²) in [7, 11) is -3.23. The number of hydrogen-bond acceptors (Lipinski definition) is 4. The summed E-state index contributed by atoms with van der Waals surface area (Å²) >= 11 is 0. The summed E-state index contributed by atoms with van der Waals surface area (Å²) in [4.78, 5) is 11.5. The summed E-state index contributed by atoms with van der Waals surface area (Å²) in [6.45, 7) is 3.39. The van der Waals surface area contributed by atoms with Crippen LogP contribution >= 0.6 is 0 Å². The smallest absolute Gasteiger partial charge is 0.308 e. The van der Waals surface area contributed by atoms with Crippen LogP contribution in [-0.2, 0) is 21.1 Å². The molecule has 0 heterocycles. The Labute approximate surface area is 130 Å². The van der Waals surface area contributed by atoms with E-state index < -0.39 is 15.8 Å². The van der Waals surface area contributed by atoms with Crippen molar-refractivity contribution in [2.75, 3.05) is 6.26 Å². The summed E-state index contributed by atoms with van der Waals surface area (Å²) in [6.07, 6.45) is 2.03. The highest BCUT2D eigenvalue weighted by Gasteiger charge is 2.12. The summed E-state index contributed by atoms with van der Waals surface area (Å²) in [6, 6.07) is 12.2. The minimum absolute atomic E-state index is 0.261. The van der Waals surface area contributed by atoms with E-state index in [1.807, 2.05) is 19.1 Å². The topological polar surface area (TPSA) is 60.4 Å². The molecule has 22 heavy (non-hydrogen) atoms. The summed E-state index contributed by atoms with van der Waals surface area (Å²) in [5.74, 6) is 0.0788. The van der Waals surface area contributed by atoms with Crippen molar-refractivity contribution in [1.29, 1.82) is 0 Å². The Hall–Kier alpha value is -2.14. The molecule has 2 rings (SSSR count). The van der Waals surface area contributed by atoms with Gasteiger partial charge in [-0.2, -0.15) is 0 Å². The van der Waals surface area contributed by atoms with Crippen molar-refractivity contribution in [2.45, 2.75) is 25.2 Å². The third kappa shape index (κ3) is 3.74. The van der Waals surface area contributed by atoms with Gasteiger partial charge in [0, 0.05) is 18.7 Å². The first kappa shape index (κ1) is 16.2. The number of ether oxygens (including phenoxy) is 1. The van der Waals surface area contributed by atoms with Crippen LogP contribution in [0.2, 0.25) is 0 Å². The van der Waals surface area contributed by atoms with E-state index in [0.717, 1.165) is 23.1 Å². The Morgan fingerprint density at radius 1 is 1.09 bits per heavy atom. The maximum atomic E-state index is 11.5. The van der Waals surface area contributed by atoms with E-state index in [2.05, 4.69) is 0 Å². The number of esters is 1. The zero-order valence-electron chi connectivity index (χ0n) is 12.8. The summed E-state index contributed by atoms with van der Waals surface area (Å²) in [5.41, 5.74) is 2.69. The van der Waals surface area contributed by atoms with Crippen LogP contribution in [0, 0.1) is 0 Å². The predicted octanol–water partition coefficient (Wildman–Crippen LogP) is 3.24. The van der Waals surface area contributed by atoms with Crippen LogP contribution in [0.4, 0.5) is 0 Å². The van der Waals surface area contributed by atoms with Gasteiger partial charge < -0.3 is 4.74 Å². The van der Waals surface area contributed by atoms with Gasteiger partial charge >= 0.3 is 5.97 Å². The molecule has 0 fully saturated rings. The lowest BCUT2D eigenvalue weighted by molar-refractivity contribution is -0.131. The average molecular weight is 318 g/mol. The molecular weight excluding hydrogens is 300 g/mol. The highest BCUT2D eigenvalue weighted by Crippen LogP contribution is 2.32. The van der Waals surface area contributed by atoms with Crippen molar-refractivity contribution in [2.24, 2.45) is 0 Å². The van der Waals surface area contributed by atoms with Gasteiger partial charge in [0.1, 0.15) is 5.75 Å². The van der Waals surface area contributed by atoms with Crippen molar-refractivity contribution in [3.8, 4) is 16.9 Å². The predicted molar refractivity (Wildman–Crippen MR) is 85.7 cm³/mol. The fourth-order valence-corrected chi connectivity index (χ4v) is 2.78. The fraction of sp³-hybridized carbons (Fsp3) is 0.235. The molecule has 0 N–H and O–H groups in total. The standard InChI is InChI=1S/C17H18O4S/c1-4-13-5-10-17(21-12(2)18)16(11-13)14-6-8-15(9-7-14)22(3,19)20/h5-11H,4H2,1-3H3. The van der Waals surface area contributed by atoms with E-state index in [-0.39, 0.29) is 4.90 Å². The Kier molecular flexibility index (Phi) is 4.66. The molecule has 0 radical (unpaired) electrons. The van der Waals surface area contributed by atoms with Gasteiger partial charge in [0.15, 0.2) is 9.84 Å². The minimum Gasteiger partial charge on any atom is -0.426 e. The third-order valence-corrected chi connectivity index (χ3v) is 4.43. The van der Waals surface area contributed by atoms with Gasteiger partial charge in [-0.25, -0.2) is 8.42 Å². The molecule has 0 amide bonds. The van der Waals surface area contributed by atoms with Crippen LogP contribution in [-0.4, -0.2) is 20.6 Å². The molecule has 0 bridgehead atoms. The SMILES string of the molecule is CCc1ccc(OC(C)=O)c(-c2ccc(S(C)(=O)=O)cc2)c1. The Morgan fingerprint density at radius 2 is 1.73 bits per heavy atom. The molecule has 116 valence electrons. The van der Waals surface area contributed by atoms with Crippen molar-refractivity contribution in [3.63, 3.8) is 0 Å². The second kappa shape index (κ2) is 6.32. The molecule has 2 aromatic carbocycles. The maximum absolute atomic E-state index is 11.5. The molecule has 0 aliphatic rings. The van der Waals surface area contributed by atoms with Crippen molar-refractivity contribution < 1.29 is 17.9 Å². The van der Waals surface area contributed by atoms with E-state index in [1.165, 1.54) is 13.2 Å². The molecule has 0 aliphatic carbocycles. The van der Waals surface area contributed by atoms with Crippen molar-refractivity contribution in [1.82, 2.24) is 0 Å². The highest BCUT2D eigenvalue weighted by atomic mass is 32.2. The van der Waals surface area contributed by atoms with E-state index in [9.17, 15) is 13.2 Å². The lowest BCUT2D eigenvalue weighted by atomic mass is 10.0. The Balaban J connectivity index is 2.52. The van der Waals surface area contributed by atoms with Crippen LogP contribution in [0.15, 0.2) is 47.4 Å². The molecule has 0 aromatic heterocycles. The van der Waals surface area contributed by atoms with Gasteiger partial charge in [0.05, 0.1) is 4.90 Å². The van der Waals surface area contributed by atoms with E-state index in [0.29, 0.717) is 5.75 Å². The van der Waals surface area contributed by atoms with Crippen LogP contribution in [0.1, 0.15) is 19.4 Å². The van der Waals surface area contributed by atoms with Crippen LogP contribution < -0.4 is 4.74 Å². The monoisotopic (exact) mass is 318 g/mol. The molecular formula is C17H18O4S. The number of carbonyl (C=O) groups excluding carboxylic acids is 1. The van der Waals surface area contributed by atoms with Gasteiger partial charge in [0.2, 0.25) is 0 Å². The summed E-state index contributed by atoms with van der Waals surface area (Å²) in [5, 5.41) is 0. The summed E-state index contributed by atoms with van der Waals surface area (Å²) < 4.78 is 28.3. The van der Waals surface area contributed by atoms with Crippen LogP contribution in [0.25, 0.3) is 11.1 Å². The lowest BCUT2D eigenvalue weighted by Crippen LogP contribution is -2.03. The zero-order valence-corrected chi connectivity index (χ0v) is 13.6. The second-order valence-corrected chi connectivity index (χ2v) is 7.09. The largest absolute Gasteiger partial charge is 0.426 e. The van der Waals surface area contributed by atoms with Gasteiger partial charge in [-0.3, -0.25) is 4.79 Å². The van der Waals surface area contributed by atoms with Gasteiger partial charge in [-0.15, -0.1) is 0 Å². The second-order valence-electron chi connectivity index (χ2n) is 5.07. The number of benzene rings is 2. The number of carbonyl (C=O) groups is 1. The van der Waals surface area contributed by atoms with E-state index in [4.69, 9.17) is 4.74 Å². The molecule has 0 aliphatic heterocycles. The first-order valence-corrected chi connectivity index (χ1v) is 8.82. The highest BCUT2D eigenvalue weighted by molar-refractivity contribution is 7.90. The molecule has 0 atom stereocenters. The average Bonchev–Trinajstić information content (AvgIpc) is 2.46. The molecule has 2 aromatic rings. The lowest BCUT2D eigenvalue weighted by Gasteiger charge is -2.11. The van der Waals surface area contributed by atoms with E-state index >= 15 is 0 Å². The Morgan fingerprint density at radius 3 is 2.23 bits per heavy atom. The van der Waals surface area contributed by atoms with Crippen molar-refractivity contribution in [3.05, 3.63) is 48.0 Å². The van der Waals surface area contributed by atoms with Gasteiger partial charge in [0.25, 0.3) is 0 Å². The first-order valence-electron chi connectivity index (χ1n) is 6.93. The van der Waals surface area contributed by atoms with Gasteiger partial charge in [-0.1, -0.05) is 25.1 Å². The molecule has 0 saturated heterocycles. The van der Waals surface area contributed by atoms with E-state index in [1.54, 1.807) is 30.3 Å². The quantitative estimate of drug-likeness (QED) is 0.641. The molecule has 0 saturated carbocycles. The Bertz CT molecular complexity index is 790. The zero-order chi connectivity index (χ0) is 16.3. The third-order valence-electron chi connectivity index (χ3n) is 3.30. The number of sulfone groups is 1. The number of aryl methyl sites for hydroxylation is 1. The maximum Gasteiger partial charge on any atom is 0.308 e.